The van der Waals surface area contributed by atoms with Crippen LogP contribution < -0.4 is 5.32 Å². The van der Waals surface area contributed by atoms with Gasteiger partial charge in [0.15, 0.2) is 0 Å². The Morgan fingerprint density at radius 1 is 1.00 bits per heavy atom. The van der Waals surface area contributed by atoms with Crippen LogP contribution in [0.4, 0.5) is 18.9 Å². The molecule has 0 bridgehead atoms. The number of benzene rings is 2. The lowest BCUT2D eigenvalue weighted by Gasteiger charge is -2.19. The van der Waals surface area contributed by atoms with E-state index in [2.05, 4.69) is 5.32 Å². The fourth-order valence-electron chi connectivity index (χ4n) is 2.52. The van der Waals surface area contributed by atoms with Crippen LogP contribution in [-0.4, -0.2) is 12.1 Å². The van der Waals surface area contributed by atoms with Crippen molar-refractivity contribution in [3.8, 4) is 0 Å². The summed E-state index contributed by atoms with van der Waals surface area (Å²) < 4.78 is 38.7. The number of carbonyl (C=O) groups excluding carboxylic acids is 1. The summed E-state index contributed by atoms with van der Waals surface area (Å²) in [6, 6.07) is 10.1. The molecule has 2 aromatic rings. The van der Waals surface area contributed by atoms with E-state index in [4.69, 9.17) is 0 Å². The van der Waals surface area contributed by atoms with E-state index >= 15 is 0 Å². The summed E-state index contributed by atoms with van der Waals surface area (Å²) in [5.41, 5.74) is 3.53. The molecule has 1 amide bonds. The molecule has 2 aromatic carbocycles. The molecule has 0 saturated heterocycles. The van der Waals surface area contributed by atoms with Crippen LogP contribution >= 0.6 is 0 Å². The number of halogens is 3. The van der Waals surface area contributed by atoms with Gasteiger partial charge in [-0.05, 0) is 56.5 Å². The number of nitrogens with one attached hydrogen (secondary N) is 1. The first kappa shape index (κ1) is 18.0. The molecule has 0 saturated carbocycles. The van der Waals surface area contributed by atoms with Crippen LogP contribution in [0.1, 0.15) is 45.5 Å². The second-order valence-corrected chi connectivity index (χ2v) is 6.11. The zero-order valence-electron chi connectivity index (χ0n) is 14.1. The van der Waals surface area contributed by atoms with Gasteiger partial charge in [0.1, 0.15) is 0 Å². The van der Waals surface area contributed by atoms with E-state index in [1.54, 1.807) is 26.0 Å². The maximum absolute atomic E-state index is 12.9. The molecule has 0 aliphatic heterocycles. The third-order valence-electron chi connectivity index (χ3n) is 4.10. The first-order valence-electron chi connectivity index (χ1n) is 7.65. The highest BCUT2D eigenvalue weighted by Gasteiger charge is 2.37. The molecule has 0 fully saturated rings. The van der Waals surface area contributed by atoms with E-state index in [1.165, 1.54) is 12.1 Å². The summed E-state index contributed by atoms with van der Waals surface area (Å²) in [5, 5.41) is 2.80. The van der Waals surface area contributed by atoms with Gasteiger partial charge in [0, 0.05) is 11.3 Å². The van der Waals surface area contributed by atoms with Crippen LogP contribution in [0.15, 0.2) is 36.4 Å². The van der Waals surface area contributed by atoms with Crippen molar-refractivity contribution in [2.24, 2.45) is 0 Å². The average Bonchev–Trinajstić information content (AvgIpc) is 2.49. The first-order chi connectivity index (χ1) is 11.1. The normalized spacial score (nSPS) is 12.8. The number of anilines is 1. The topological polar surface area (TPSA) is 29.1 Å². The van der Waals surface area contributed by atoms with E-state index in [1.807, 2.05) is 19.1 Å². The molecule has 1 atom stereocenters. The average molecular weight is 335 g/mol. The molecule has 2 rings (SSSR count). The molecular formula is C19H20F3NO. The number of aryl methyl sites for hydroxylation is 3. The summed E-state index contributed by atoms with van der Waals surface area (Å²) in [4.78, 5) is 12.3. The van der Waals surface area contributed by atoms with E-state index < -0.39 is 12.1 Å². The van der Waals surface area contributed by atoms with Crippen molar-refractivity contribution in [2.75, 3.05) is 5.32 Å². The third kappa shape index (κ3) is 3.96. The number of rotatable bonds is 3. The lowest BCUT2D eigenvalue weighted by atomic mass is 9.95. The summed E-state index contributed by atoms with van der Waals surface area (Å²) in [5.74, 6) is -1.82. The SMILES string of the molecule is Cc1ccc(C(=O)Nc2c(C)cc(C(C)C(F)(F)F)cc2C)cc1. The Bertz CT molecular complexity index is 725. The van der Waals surface area contributed by atoms with Crippen molar-refractivity contribution >= 4 is 11.6 Å². The monoisotopic (exact) mass is 335 g/mol. The standard InChI is InChI=1S/C19H20F3NO/c1-11-5-7-15(8-6-11)18(24)23-17-12(2)9-16(10-13(17)3)14(4)19(20,21)22/h5-10,14H,1-4H3,(H,23,24). The molecular weight excluding hydrogens is 315 g/mol. The molecule has 1 N–H and O–H groups in total. The second kappa shape index (κ2) is 6.67. The van der Waals surface area contributed by atoms with Gasteiger partial charge >= 0.3 is 6.18 Å². The molecule has 0 radical (unpaired) electrons. The highest BCUT2D eigenvalue weighted by molar-refractivity contribution is 6.05. The lowest BCUT2D eigenvalue weighted by molar-refractivity contribution is -0.146. The molecule has 0 spiro atoms. The van der Waals surface area contributed by atoms with Crippen molar-refractivity contribution in [1.29, 1.82) is 0 Å². The zero-order chi connectivity index (χ0) is 18.1. The molecule has 0 aromatic heterocycles. The van der Waals surface area contributed by atoms with Gasteiger partial charge in [-0.15, -0.1) is 0 Å². The maximum atomic E-state index is 12.9. The van der Waals surface area contributed by atoms with Gasteiger partial charge in [0.05, 0.1) is 5.92 Å². The molecule has 0 aliphatic carbocycles. The molecule has 0 heterocycles. The Balaban J connectivity index is 2.28. The van der Waals surface area contributed by atoms with E-state index in [-0.39, 0.29) is 11.5 Å². The fourth-order valence-corrected chi connectivity index (χ4v) is 2.52. The van der Waals surface area contributed by atoms with Gasteiger partial charge in [-0.3, -0.25) is 4.79 Å². The van der Waals surface area contributed by atoms with Gasteiger partial charge in [-0.1, -0.05) is 29.8 Å². The fraction of sp³-hybridized carbons (Fsp3) is 0.316. The highest BCUT2D eigenvalue weighted by Crippen LogP contribution is 2.36. The smallest absolute Gasteiger partial charge is 0.322 e. The van der Waals surface area contributed by atoms with Crippen LogP contribution in [0.25, 0.3) is 0 Å². The van der Waals surface area contributed by atoms with Crippen LogP contribution in [0.2, 0.25) is 0 Å². The van der Waals surface area contributed by atoms with Crippen LogP contribution in [0, 0.1) is 20.8 Å². The molecule has 24 heavy (non-hydrogen) atoms. The number of hydrogen-bond donors (Lipinski definition) is 1. The minimum Gasteiger partial charge on any atom is -0.322 e. The van der Waals surface area contributed by atoms with Crippen molar-refractivity contribution < 1.29 is 18.0 Å². The van der Waals surface area contributed by atoms with Crippen LogP contribution in [-0.2, 0) is 0 Å². The zero-order valence-corrected chi connectivity index (χ0v) is 14.1. The number of alkyl halides is 3. The Hall–Kier alpha value is -2.30. The minimum atomic E-state index is -4.29. The molecule has 1 unspecified atom stereocenters. The Morgan fingerprint density at radius 3 is 1.96 bits per heavy atom. The van der Waals surface area contributed by atoms with Crippen molar-refractivity contribution in [1.82, 2.24) is 0 Å². The van der Waals surface area contributed by atoms with Gasteiger partial charge < -0.3 is 5.32 Å². The maximum Gasteiger partial charge on any atom is 0.395 e. The predicted molar refractivity (Wildman–Crippen MR) is 89.5 cm³/mol. The summed E-state index contributed by atoms with van der Waals surface area (Å²) >= 11 is 0. The van der Waals surface area contributed by atoms with Gasteiger partial charge in [0.25, 0.3) is 5.91 Å². The van der Waals surface area contributed by atoms with Crippen molar-refractivity contribution in [3.05, 3.63) is 64.2 Å². The number of hydrogen-bond acceptors (Lipinski definition) is 1. The lowest BCUT2D eigenvalue weighted by Crippen LogP contribution is -2.19. The Labute approximate surface area is 139 Å². The van der Waals surface area contributed by atoms with Crippen molar-refractivity contribution in [2.45, 2.75) is 39.8 Å². The summed E-state index contributed by atoms with van der Waals surface area (Å²) in [6.45, 7) is 6.46. The quantitative estimate of drug-likeness (QED) is 0.785. The largest absolute Gasteiger partial charge is 0.395 e. The van der Waals surface area contributed by atoms with E-state index in [9.17, 15) is 18.0 Å². The van der Waals surface area contributed by atoms with Gasteiger partial charge in [-0.2, -0.15) is 13.2 Å². The van der Waals surface area contributed by atoms with Crippen molar-refractivity contribution in [3.63, 3.8) is 0 Å². The number of carbonyl (C=O) groups is 1. The molecule has 5 heteroatoms. The van der Waals surface area contributed by atoms with Gasteiger partial charge in [0.2, 0.25) is 0 Å². The van der Waals surface area contributed by atoms with Gasteiger partial charge in [-0.25, -0.2) is 0 Å². The minimum absolute atomic E-state index is 0.200. The summed E-state index contributed by atoms with van der Waals surface area (Å²) in [7, 11) is 0. The Kier molecular flexibility index (Phi) is 5.02. The van der Waals surface area contributed by atoms with Crippen LogP contribution in [0.3, 0.4) is 0 Å². The molecule has 128 valence electrons. The Morgan fingerprint density at radius 2 is 1.50 bits per heavy atom. The first-order valence-corrected chi connectivity index (χ1v) is 7.65. The number of amides is 1. The predicted octanol–water partition coefficient (Wildman–Crippen LogP) is 5.53. The highest BCUT2D eigenvalue weighted by atomic mass is 19.4. The van der Waals surface area contributed by atoms with E-state index in [0.717, 1.165) is 12.5 Å². The van der Waals surface area contributed by atoms with Crippen LogP contribution in [0.5, 0.6) is 0 Å². The van der Waals surface area contributed by atoms with E-state index in [0.29, 0.717) is 22.4 Å². The second-order valence-electron chi connectivity index (χ2n) is 6.11. The molecule has 0 aliphatic rings. The third-order valence-corrected chi connectivity index (χ3v) is 4.10. The molecule has 2 nitrogen and oxygen atoms in total. The summed E-state index contributed by atoms with van der Waals surface area (Å²) in [6.07, 6.45) is -4.29.